The largest absolute Gasteiger partial charge is 0.341 e. The van der Waals surface area contributed by atoms with E-state index >= 15 is 0 Å². The van der Waals surface area contributed by atoms with E-state index in [1.165, 1.54) is 0 Å². The molecule has 24 heavy (non-hydrogen) atoms. The highest BCUT2D eigenvalue weighted by atomic mass is 16.2. The maximum atomic E-state index is 12.4. The van der Waals surface area contributed by atoms with Gasteiger partial charge in [-0.15, -0.1) is 0 Å². The van der Waals surface area contributed by atoms with Gasteiger partial charge in [0.15, 0.2) is 0 Å². The van der Waals surface area contributed by atoms with Crippen LogP contribution in [0.1, 0.15) is 30.8 Å². The van der Waals surface area contributed by atoms with Gasteiger partial charge in [-0.25, -0.2) is 4.98 Å². The van der Waals surface area contributed by atoms with E-state index in [0.29, 0.717) is 6.42 Å². The molecule has 0 saturated carbocycles. The molecule has 0 radical (unpaired) electrons. The number of fused-ring (bicyclic) bond motifs is 1. The van der Waals surface area contributed by atoms with Gasteiger partial charge in [-0.3, -0.25) is 9.59 Å². The number of benzene rings is 1. The first-order valence-electron chi connectivity index (χ1n) is 7.82. The average Bonchev–Trinajstić information content (AvgIpc) is 2.58. The topological polar surface area (TPSA) is 94.9 Å². The summed E-state index contributed by atoms with van der Waals surface area (Å²) >= 11 is 0. The van der Waals surface area contributed by atoms with Crippen molar-refractivity contribution in [2.45, 2.75) is 26.3 Å². The number of carbonyl (C=O) groups is 2. The molecule has 2 amide bonds. The Morgan fingerprint density at radius 2 is 1.96 bits per heavy atom. The quantitative estimate of drug-likeness (QED) is 0.795. The van der Waals surface area contributed by atoms with Gasteiger partial charge in [0.05, 0.1) is 11.6 Å². The third-order valence-corrected chi connectivity index (χ3v) is 3.50. The molecule has 0 aliphatic heterocycles. The first kappa shape index (κ1) is 17.4. The van der Waals surface area contributed by atoms with Crippen molar-refractivity contribution in [3.8, 4) is 6.07 Å². The minimum atomic E-state index is -0.695. The normalized spacial score (nSPS) is 11.8. The molecule has 0 saturated heterocycles. The van der Waals surface area contributed by atoms with Crippen molar-refractivity contribution >= 4 is 22.7 Å². The number of amides is 2. The zero-order chi connectivity index (χ0) is 17.5. The van der Waals surface area contributed by atoms with Crippen molar-refractivity contribution < 1.29 is 9.59 Å². The monoisotopic (exact) mass is 324 g/mol. The summed E-state index contributed by atoms with van der Waals surface area (Å²) in [6.45, 7) is 3.84. The number of rotatable bonds is 6. The molecule has 0 aliphatic carbocycles. The van der Waals surface area contributed by atoms with Gasteiger partial charge in [-0.2, -0.15) is 5.26 Å². The Morgan fingerprint density at radius 1 is 1.21 bits per heavy atom. The van der Waals surface area contributed by atoms with Crippen LogP contribution in [0.15, 0.2) is 36.4 Å². The van der Waals surface area contributed by atoms with Gasteiger partial charge in [0, 0.05) is 5.39 Å². The second-order valence-corrected chi connectivity index (χ2v) is 5.92. The van der Waals surface area contributed by atoms with Crippen molar-refractivity contribution in [1.29, 1.82) is 5.26 Å². The summed E-state index contributed by atoms with van der Waals surface area (Å²) < 4.78 is 0. The fourth-order valence-electron chi connectivity index (χ4n) is 2.38. The molecule has 1 aromatic heterocycles. The van der Waals surface area contributed by atoms with Crippen LogP contribution >= 0.6 is 0 Å². The SMILES string of the molecule is CC(C)C[C@@H](NC(=O)c1ccc2ccccc2n1)C(=O)NCC#N. The second-order valence-electron chi connectivity index (χ2n) is 5.92. The Hall–Kier alpha value is -2.94. The third kappa shape index (κ3) is 4.53. The molecule has 0 fully saturated rings. The number of nitrogens with zero attached hydrogens (tertiary/aromatic N) is 2. The maximum Gasteiger partial charge on any atom is 0.270 e. The molecule has 0 unspecified atom stereocenters. The molecule has 2 aromatic rings. The van der Waals surface area contributed by atoms with E-state index in [2.05, 4.69) is 15.6 Å². The second kappa shape index (κ2) is 8.06. The van der Waals surface area contributed by atoms with E-state index in [0.717, 1.165) is 10.9 Å². The molecule has 6 nitrogen and oxygen atoms in total. The molecule has 2 rings (SSSR count). The Labute approximate surface area is 140 Å². The molecule has 0 spiro atoms. The molecule has 0 bridgehead atoms. The highest BCUT2D eigenvalue weighted by Crippen LogP contribution is 2.12. The van der Waals surface area contributed by atoms with Gasteiger partial charge in [-0.05, 0) is 24.5 Å². The number of aromatic nitrogens is 1. The molecule has 2 N–H and O–H groups in total. The third-order valence-electron chi connectivity index (χ3n) is 3.50. The van der Waals surface area contributed by atoms with Crippen molar-refractivity contribution in [3.63, 3.8) is 0 Å². The summed E-state index contributed by atoms with van der Waals surface area (Å²) in [5.41, 5.74) is 0.982. The fraction of sp³-hybridized carbons (Fsp3) is 0.333. The van der Waals surface area contributed by atoms with Crippen LogP contribution in [0, 0.1) is 17.2 Å². The molecule has 1 aromatic carbocycles. The Morgan fingerprint density at radius 3 is 2.67 bits per heavy atom. The number of pyridine rings is 1. The average molecular weight is 324 g/mol. The van der Waals surface area contributed by atoms with E-state index in [4.69, 9.17) is 5.26 Å². The van der Waals surface area contributed by atoms with E-state index < -0.39 is 11.9 Å². The van der Waals surface area contributed by atoms with E-state index in [9.17, 15) is 9.59 Å². The number of hydrogen-bond acceptors (Lipinski definition) is 4. The van der Waals surface area contributed by atoms with Gasteiger partial charge in [0.1, 0.15) is 18.3 Å². The minimum absolute atomic E-state index is 0.0858. The summed E-state index contributed by atoms with van der Waals surface area (Å²) in [5, 5.41) is 14.7. The minimum Gasteiger partial charge on any atom is -0.341 e. The lowest BCUT2D eigenvalue weighted by atomic mass is 10.0. The van der Waals surface area contributed by atoms with Crippen LogP contribution in [0.4, 0.5) is 0 Å². The number of nitriles is 1. The van der Waals surface area contributed by atoms with Crippen LogP contribution in [0.25, 0.3) is 10.9 Å². The summed E-state index contributed by atoms with van der Waals surface area (Å²) in [6.07, 6.45) is 0.483. The van der Waals surface area contributed by atoms with Crippen LogP contribution in [0.2, 0.25) is 0 Å². The summed E-state index contributed by atoms with van der Waals surface area (Å²) in [6, 6.07) is 12.1. The molecular formula is C18H20N4O2. The van der Waals surface area contributed by atoms with Gasteiger partial charge < -0.3 is 10.6 Å². The summed E-state index contributed by atoms with van der Waals surface area (Å²) in [5.74, 6) is -0.550. The Kier molecular flexibility index (Phi) is 5.85. The van der Waals surface area contributed by atoms with Crippen molar-refractivity contribution in [2.75, 3.05) is 6.54 Å². The van der Waals surface area contributed by atoms with Crippen molar-refractivity contribution in [1.82, 2.24) is 15.6 Å². The highest BCUT2D eigenvalue weighted by Gasteiger charge is 2.22. The number of carbonyl (C=O) groups excluding carboxylic acids is 2. The number of para-hydroxylation sites is 1. The van der Waals surface area contributed by atoms with Crippen LogP contribution in [0.5, 0.6) is 0 Å². The van der Waals surface area contributed by atoms with Gasteiger partial charge in [0.2, 0.25) is 5.91 Å². The standard InChI is InChI=1S/C18H20N4O2/c1-12(2)11-16(17(23)20-10-9-19)22-18(24)15-8-7-13-5-3-4-6-14(13)21-15/h3-8,12,16H,10-11H2,1-2H3,(H,20,23)(H,22,24)/t16-/m1/s1. The molecular weight excluding hydrogens is 304 g/mol. The van der Waals surface area contributed by atoms with Gasteiger partial charge in [0.25, 0.3) is 5.91 Å². The highest BCUT2D eigenvalue weighted by molar-refractivity contribution is 5.97. The van der Waals surface area contributed by atoms with E-state index in [1.807, 2.05) is 50.2 Å². The lowest BCUT2D eigenvalue weighted by Gasteiger charge is -2.19. The predicted octanol–water partition coefficient (Wildman–Crippen LogP) is 2.02. The summed E-state index contributed by atoms with van der Waals surface area (Å²) in [4.78, 5) is 28.9. The maximum absolute atomic E-state index is 12.4. The Balaban J connectivity index is 2.15. The predicted molar refractivity (Wildman–Crippen MR) is 91.1 cm³/mol. The molecule has 1 atom stereocenters. The lowest BCUT2D eigenvalue weighted by Crippen LogP contribution is -2.47. The van der Waals surface area contributed by atoms with Crippen molar-refractivity contribution in [3.05, 3.63) is 42.1 Å². The zero-order valence-electron chi connectivity index (χ0n) is 13.7. The zero-order valence-corrected chi connectivity index (χ0v) is 13.7. The van der Waals surface area contributed by atoms with Crippen LogP contribution in [-0.2, 0) is 4.79 Å². The van der Waals surface area contributed by atoms with Crippen LogP contribution in [-0.4, -0.2) is 29.4 Å². The first-order chi connectivity index (χ1) is 11.5. The Bertz CT molecular complexity index is 780. The first-order valence-corrected chi connectivity index (χ1v) is 7.82. The fourth-order valence-corrected chi connectivity index (χ4v) is 2.38. The number of nitrogens with one attached hydrogen (secondary N) is 2. The molecule has 1 heterocycles. The van der Waals surface area contributed by atoms with Crippen LogP contribution in [0.3, 0.4) is 0 Å². The van der Waals surface area contributed by atoms with Gasteiger partial charge in [-0.1, -0.05) is 38.1 Å². The van der Waals surface area contributed by atoms with Crippen LogP contribution < -0.4 is 10.6 Å². The van der Waals surface area contributed by atoms with Crippen molar-refractivity contribution in [2.24, 2.45) is 5.92 Å². The number of hydrogen-bond donors (Lipinski definition) is 2. The van der Waals surface area contributed by atoms with E-state index in [1.54, 1.807) is 6.07 Å². The van der Waals surface area contributed by atoms with E-state index in [-0.39, 0.29) is 24.1 Å². The molecule has 0 aliphatic rings. The molecule has 124 valence electrons. The van der Waals surface area contributed by atoms with Gasteiger partial charge >= 0.3 is 0 Å². The summed E-state index contributed by atoms with van der Waals surface area (Å²) in [7, 11) is 0. The molecule has 6 heteroatoms. The smallest absolute Gasteiger partial charge is 0.270 e. The lowest BCUT2D eigenvalue weighted by molar-refractivity contribution is -0.123.